The maximum atomic E-state index is 13.6. The molecule has 10 nitrogen and oxygen atoms in total. The van der Waals surface area contributed by atoms with Gasteiger partial charge >= 0.3 is 0 Å². The highest BCUT2D eigenvalue weighted by Crippen LogP contribution is 2.49. The minimum absolute atomic E-state index is 0.0218. The second-order valence-corrected chi connectivity index (χ2v) is 28.6. The number of halogens is 12. The van der Waals surface area contributed by atoms with E-state index < -0.39 is 58.4 Å². The third-order valence-electron chi connectivity index (χ3n) is 18.3. The van der Waals surface area contributed by atoms with E-state index in [1.165, 1.54) is 78.1 Å². The average molecular weight is 1610 g/mol. The maximum absolute atomic E-state index is 13.6. The van der Waals surface area contributed by atoms with E-state index in [0.29, 0.717) is 107 Å². The van der Waals surface area contributed by atoms with Crippen LogP contribution < -0.4 is 0 Å². The number of aryl methyl sites for hydroxylation is 4. The minimum Gasteiger partial charge on any atom is -0.381 e. The number of carbonyl (C=O) groups excluding carboxylic acids is 6. The van der Waals surface area contributed by atoms with Gasteiger partial charge in [0.2, 0.25) is 0 Å². The Morgan fingerprint density at radius 1 is 0.442 bits per heavy atom. The molecule has 12 rings (SSSR count). The van der Waals surface area contributed by atoms with Crippen molar-refractivity contribution < 1.29 is 90.9 Å². The lowest BCUT2D eigenvalue weighted by atomic mass is 9.76. The number of thiazole rings is 1. The highest BCUT2D eigenvalue weighted by molar-refractivity contribution is 7.11. The number of ketones is 6. The van der Waals surface area contributed by atoms with Crippen molar-refractivity contribution in [2.45, 2.75) is 212 Å². The predicted molar refractivity (Wildman–Crippen MR) is 421 cm³/mol. The summed E-state index contributed by atoms with van der Waals surface area (Å²) >= 11 is 1.32. The third kappa shape index (κ3) is 31.2. The second kappa shape index (κ2) is 47.8. The van der Waals surface area contributed by atoms with E-state index in [1.54, 1.807) is 81.9 Å². The number of rotatable bonds is 20. The van der Waals surface area contributed by atoms with Crippen LogP contribution >= 0.6 is 11.3 Å². The predicted octanol–water partition coefficient (Wildman–Crippen LogP) is 23.1. The van der Waals surface area contributed by atoms with Crippen molar-refractivity contribution in [1.29, 1.82) is 0 Å². The molecule has 0 spiro atoms. The van der Waals surface area contributed by atoms with Crippen molar-refractivity contribution in [2.24, 2.45) is 23.2 Å². The quantitative estimate of drug-likeness (QED) is 0.0534. The van der Waals surface area contributed by atoms with Crippen molar-refractivity contribution in [3.05, 3.63) is 257 Å². The summed E-state index contributed by atoms with van der Waals surface area (Å²) in [5, 5.41) is 0. The van der Waals surface area contributed by atoms with Gasteiger partial charge in [-0.25, -0.2) is 57.7 Å². The molecule has 0 bridgehead atoms. The van der Waals surface area contributed by atoms with E-state index in [4.69, 9.17) is 9.47 Å². The van der Waals surface area contributed by atoms with Gasteiger partial charge in [-0.15, -0.1) is 11.3 Å². The fraction of sp³-hybridized carbons (Fsp3) is 0.444. The number of aromatic nitrogens is 2. The van der Waals surface area contributed by atoms with Crippen LogP contribution in [-0.4, -0.2) is 82.9 Å². The maximum Gasteiger partial charge on any atom is 0.258 e. The lowest BCUT2D eigenvalue weighted by Crippen LogP contribution is -2.47. The molecule has 2 aliphatic heterocycles. The molecule has 23 heteroatoms. The Morgan fingerprint density at radius 2 is 0.814 bits per heavy atom. The Labute approximate surface area is 662 Å². The van der Waals surface area contributed by atoms with Crippen LogP contribution in [0.25, 0.3) is 0 Å². The van der Waals surface area contributed by atoms with Gasteiger partial charge in [0.05, 0.1) is 47.0 Å². The Bertz CT molecular complexity index is 4380. The highest BCUT2D eigenvalue weighted by Gasteiger charge is 2.60. The van der Waals surface area contributed by atoms with Gasteiger partial charge in [0, 0.05) is 82.8 Å². The van der Waals surface area contributed by atoms with Crippen LogP contribution in [0.2, 0.25) is 0 Å². The van der Waals surface area contributed by atoms with Gasteiger partial charge in [0.15, 0.2) is 17.4 Å². The van der Waals surface area contributed by atoms with Crippen LogP contribution in [0, 0.1) is 97.4 Å². The fourth-order valence-corrected chi connectivity index (χ4v) is 12.1. The number of nitrogens with zero attached hydrogens (tertiary/aromatic N) is 2. The topological polar surface area (TPSA) is 147 Å². The summed E-state index contributed by atoms with van der Waals surface area (Å²) in [5.41, 5.74) is 8.43. The van der Waals surface area contributed by atoms with E-state index in [1.807, 2.05) is 90.0 Å². The number of ether oxygens (including phenoxy) is 2. The molecule has 8 aromatic rings. The summed E-state index contributed by atoms with van der Waals surface area (Å²) in [6.45, 7) is 34.4. The molecule has 0 amide bonds. The fourth-order valence-electron chi connectivity index (χ4n) is 11.5. The van der Waals surface area contributed by atoms with Crippen molar-refractivity contribution in [1.82, 2.24) is 9.97 Å². The van der Waals surface area contributed by atoms with Gasteiger partial charge in [-0.05, 0) is 169 Å². The number of Topliss-reactive ketones (excluding diaryl/α,β-unsaturated/α-hetero) is 6. The van der Waals surface area contributed by atoms with Gasteiger partial charge in [0.25, 0.3) is 11.8 Å². The molecule has 2 aromatic heterocycles. The molecule has 2 saturated carbocycles. The molecule has 2 atom stereocenters. The second-order valence-electron chi connectivity index (χ2n) is 27.7. The molecule has 616 valence electrons. The Hall–Kier alpha value is -8.80. The molecule has 2 aliphatic carbocycles. The molecule has 113 heavy (non-hydrogen) atoms. The van der Waals surface area contributed by atoms with E-state index in [2.05, 4.69) is 9.97 Å². The summed E-state index contributed by atoms with van der Waals surface area (Å²) in [6.07, 6.45) is 4.57. The van der Waals surface area contributed by atoms with Crippen LogP contribution in [-0.2, 0) is 67.2 Å². The van der Waals surface area contributed by atoms with E-state index in [9.17, 15) is 81.5 Å². The zero-order valence-corrected chi connectivity index (χ0v) is 68.6. The first-order valence-corrected chi connectivity index (χ1v) is 39.2. The molecule has 2 unspecified atom stereocenters. The number of pyridine rings is 1. The molecule has 0 N–H and O–H groups in total. The number of carbonyl (C=O) groups is 6. The first-order chi connectivity index (χ1) is 53.4. The summed E-state index contributed by atoms with van der Waals surface area (Å²) in [5.74, 6) is -12.3. The molecule has 4 heterocycles. The van der Waals surface area contributed by atoms with Gasteiger partial charge in [-0.2, -0.15) is 0 Å². The van der Waals surface area contributed by atoms with Gasteiger partial charge in [-0.1, -0.05) is 156 Å². The van der Waals surface area contributed by atoms with Crippen LogP contribution in [0.5, 0.6) is 0 Å². The minimum atomic E-state index is -2.84. The van der Waals surface area contributed by atoms with Gasteiger partial charge in [-0.3, -0.25) is 33.8 Å². The Morgan fingerprint density at radius 3 is 1.15 bits per heavy atom. The Kier molecular flexibility index (Phi) is 41.6. The van der Waals surface area contributed by atoms with Crippen LogP contribution in [0.1, 0.15) is 221 Å². The molecular formula is C90H108F12N2O8S. The number of benzene rings is 6. The number of alkyl halides is 4. The smallest absolute Gasteiger partial charge is 0.258 e. The summed E-state index contributed by atoms with van der Waals surface area (Å²) in [6, 6.07) is 28.0. The molecular weight excluding hydrogens is 1500 g/mol. The first-order valence-electron chi connectivity index (χ1n) is 38.3. The highest BCUT2D eigenvalue weighted by atomic mass is 32.1. The average Bonchev–Trinajstić information content (AvgIpc) is 1.64. The Balaban J connectivity index is 0.000000345. The monoisotopic (exact) mass is 1600 g/mol. The number of hydrogen-bond donors (Lipinski definition) is 0. The van der Waals surface area contributed by atoms with E-state index in [0.717, 1.165) is 35.7 Å². The summed E-state index contributed by atoms with van der Waals surface area (Å²) < 4.78 is 167. The van der Waals surface area contributed by atoms with E-state index in [-0.39, 0.29) is 114 Å². The van der Waals surface area contributed by atoms with Crippen LogP contribution in [0.3, 0.4) is 0 Å². The van der Waals surface area contributed by atoms with Crippen molar-refractivity contribution >= 4 is 46.0 Å². The van der Waals surface area contributed by atoms with Crippen LogP contribution in [0.4, 0.5) is 52.7 Å². The third-order valence-corrected chi connectivity index (χ3v) is 19.1. The van der Waals surface area contributed by atoms with E-state index >= 15 is 0 Å². The zero-order valence-electron chi connectivity index (χ0n) is 67.8. The largest absolute Gasteiger partial charge is 0.381 e. The molecule has 4 aliphatic rings. The normalized spacial score (nSPS) is 15.5. The lowest BCUT2D eigenvalue weighted by molar-refractivity contribution is -0.159. The lowest BCUT2D eigenvalue weighted by Gasteiger charge is -2.36. The summed E-state index contributed by atoms with van der Waals surface area (Å²) in [7, 11) is 0. The van der Waals surface area contributed by atoms with Gasteiger partial charge < -0.3 is 9.47 Å². The van der Waals surface area contributed by atoms with Crippen molar-refractivity contribution in [3.8, 4) is 0 Å². The van der Waals surface area contributed by atoms with Crippen LogP contribution in [0.15, 0.2) is 133 Å². The standard InChI is InChI=1S/C16H14F3NO.C15H19FO2.C14H17FO2.C13H13F3O.C12H11F3O.C12H10FNOS.4C2H6/c1-9(2)12-5-10(3-4-13(12)18)6-15(21)16-14(19)7-11(17)8-20-16;1-10(2)12-6-11(4-5-13(12)16)7-14(17)15(3)8-18-9-15;1-10-8-11(2-3-13(10)15)9-14(16)12-4-6-17-7-5-12;1-8-6-9(2-3-11(8)14)7-12(17)10-4-5-13(10,15)16;1-7-4-8(2-3-10(7)13)5-11(16)9-6-12(9,14)15;1-8-4-9(2-3-10(8)13)5-11(15)12-6-14-7-16-12;4*1-2/h3-5,7-9H,6H2,1-2H3;4-6,10H,7-9H2,1-3H3;2-3,8,12H,4-7,9H2,1H3;2-3,6,10H,4-5,7H2,1H3;2-4,9H,5-6H2,1H3;2-4,6-7H,5H2,1H3;4*1-2H3. The first kappa shape index (κ1) is 98.4. The number of hydrogen-bond acceptors (Lipinski definition) is 11. The molecule has 0 radical (unpaired) electrons. The SMILES string of the molecule is CC.CC.CC.CC.CC(C)c1cc(CC(=O)C2(C)COC2)ccc1F.CC(C)c1cc(CC(=O)c2ncc(F)cc2F)ccc1F.Cc1cc(CC(=O)C2CC2(F)F)ccc1F.Cc1cc(CC(=O)C2CCC2(F)F)ccc1F.Cc1cc(CC(=O)C2CCOCC2)ccc1F.Cc1cc(CC(=O)c2cncs2)ccc1F. The van der Waals surface area contributed by atoms with Crippen molar-refractivity contribution in [2.75, 3.05) is 26.4 Å². The zero-order chi connectivity index (χ0) is 85.3. The summed E-state index contributed by atoms with van der Waals surface area (Å²) in [4.78, 5) is 78.9. The molecule has 4 fully saturated rings. The molecule has 6 aromatic carbocycles. The molecule has 2 saturated heterocycles. The van der Waals surface area contributed by atoms with Gasteiger partial charge in [0.1, 0.15) is 69.5 Å². The van der Waals surface area contributed by atoms with Crippen molar-refractivity contribution in [3.63, 3.8) is 0 Å².